The van der Waals surface area contributed by atoms with Crippen LogP contribution in [-0.2, 0) is 0 Å². The minimum Gasteiger partial charge on any atom is -0.204 e. The highest BCUT2D eigenvalue weighted by Gasteiger charge is 1.93. The van der Waals surface area contributed by atoms with Crippen molar-refractivity contribution >= 4 is 0 Å². The Morgan fingerprint density at radius 3 is 1.80 bits per heavy atom. The molecular weight excluding hydrogens is 134 g/mol. The van der Waals surface area contributed by atoms with Gasteiger partial charge in [-0.1, -0.05) is 33.1 Å². The number of hydrogen-bond acceptors (Lipinski definition) is 0. The molecule has 0 amide bonds. The third-order valence-corrected chi connectivity index (χ3v) is 0.523. The minimum absolute atomic E-state index is 0.905. The molecule has 0 nitrogen and oxygen atoms in total. The fourth-order valence-electron chi connectivity index (χ4n) is 0.194. The smallest absolute Gasteiger partial charge is 0.158 e. The van der Waals surface area contributed by atoms with Crippen LogP contribution in [0, 0.1) is 0 Å². The number of allylic oxidation sites excluding steroid dienone is 4. The van der Waals surface area contributed by atoms with E-state index >= 15 is 0 Å². The quantitative estimate of drug-likeness (QED) is 0.523. The Morgan fingerprint density at radius 1 is 1.30 bits per heavy atom. The average molecular weight is 146 g/mol. The SMILES string of the molecule is C=C/C=C(/F)C(=C)F.CC. The van der Waals surface area contributed by atoms with E-state index in [2.05, 4.69) is 13.2 Å². The summed E-state index contributed by atoms with van der Waals surface area (Å²) in [7, 11) is 0. The molecule has 0 saturated heterocycles. The maximum Gasteiger partial charge on any atom is 0.158 e. The van der Waals surface area contributed by atoms with Crippen LogP contribution in [0.4, 0.5) is 8.78 Å². The second-order valence-corrected chi connectivity index (χ2v) is 1.16. The van der Waals surface area contributed by atoms with Gasteiger partial charge < -0.3 is 0 Å². The summed E-state index contributed by atoms with van der Waals surface area (Å²) in [6.45, 7) is 9.87. The maximum absolute atomic E-state index is 11.8. The lowest BCUT2D eigenvalue weighted by Crippen LogP contribution is -1.67. The van der Waals surface area contributed by atoms with Crippen LogP contribution < -0.4 is 0 Å². The number of halogens is 2. The van der Waals surface area contributed by atoms with Crippen molar-refractivity contribution in [2.75, 3.05) is 0 Å². The van der Waals surface area contributed by atoms with Gasteiger partial charge in [-0.25, -0.2) is 8.78 Å². The van der Waals surface area contributed by atoms with Crippen LogP contribution in [0.1, 0.15) is 13.8 Å². The molecule has 0 radical (unpaired) electrons. The molecule has 0 aliphatic carbocycles. The summed E-state index contributed by atoms with van der Waals surface area (Å²) >= 11 is 0. The molecular formula is C8H12F2. The van der Waals surface area contributed by atoms with Crippen molar-refractivity contribution in [1.29, 1.82) is 0 Å². The fourth-order valence-corrected chi connectivity index (χ4v) is 0.194. The highest BCUT2D eigenvalue weighted by Crippen LogP contribution is 2.08. The van der Waals surface area contributed by atoms with E-state index in [4.69, 9.17) is 0 Å². The summed E-state index contributed by atoms with van der Waals surface area (Å²) in [4.78, 5) is 0. The lowest BCUT2D eigenvalue weighted by Gasteiger charge is -1.83. The predicted molar refractivity (Wildman–Crippen MR) is 41.0 cm³/mol. The van der Waals surface area contributed by atoms with E-state index in [0.29, 0.717) is 0 Å². The van der Waals surface area contributed by atoms with E-state index in [-0.39, 0.29) is 0 Å². The maximum atomic E-state index is 11.8. The van der Waals surface area contributed by atoms with Gasteiger partial charge in [-0.2, -0.15) is 0 Å². The van der Waals surface area contributed by atoms with Crippen LogP contribution in [0.2, 0.25) is 0 Å². The largest absolute Gasteiger partial charge is 0.204 e. The van der Waals surface area contributed by atoms with Crippen LogP contribution in [0.5, 0.6) is 0 Å². The Kier molecular flexibility index (Phi) is 9.56. The molecule has 0 N–H and O–H groups in total. The van der Waals surface area contributed by atoms with Gasteiger partial charge in [-0.05, 0) is 6.08 Å². The molecule has 0 rings (SSSR count). The molecule has 0 heterocycles. The van der Waals surface area contributed by atoms with Crippen LogP contribution in [-0.4, -0.2) is 0 Å². The predicted octanol–water partition coefficient (Wildman–Crippen LogP) is 3.54. The minimum atomic E-state index is -1.06. The van der Waals surface area contributed by atoms with E-state index in [0.717, 1.165) is 12.2 Å². The molecule has 0 atom stereocenters. The van der Waals surface area contributed by atoms with Crippen LogP contribution in [0.25, 0.3) is 0 Å². The second-order valence-electron chi connectivity index (χ2n) is 1.16. The van der Waals surface area contributed by atoms with E-state index in [1.54, 1.807) is 0 Å². The monoisotopic (exact) mass is 146 g/mol. The van der Waals surface area contributed by atoms with E-state index in [1.165, 1.54) is 0 Å². The summed E-state index contributed by atoms with van der Waals surface area (Å²) in [5.41, 5.74) is 0. The molecule has 0 unspecified atom stereocenters. The van der Waals surface area contributed by atoms with Gasteiger partial charge in [-0.15, -0.1) is 0 Å². The third-order valence-electron chi connectivity index (χ3n) is 0.523. The summed E-state index contributed by atoms with van der Waals surface area (Å²) in [6, 6.07) is 0. The van der Waals surface area contributed by atoms with Crippen LogP contribution in [0.15, 0.2) is 37.0 Å². The Balaban J connectivity index is 0. The van der Waals surface area contributed by atoms with E-state index < -0.39 is 11.7 Å². The first-order valence-electron chi connectivity index (χ1n) is 3.01. The summed E-state index contributed by atoms with van der Waals surface area (Å²) < 4.78 is 23.4. The molecule has 58 valence electrons. The molecule has 10 heavy (non-hydrogen) atoms. The Labute approximate surface area is 60.6 Å². The fraction of sp³-hybridized carbons (Fsp3) is 0.250. The molecule has 0 aromatic carbocycles. The molecule has 0 aliphatic heterocycles. The number of rotatable bonds is 2. The lowest BCUT2D eigenvalue weighted by molar-refractivity contribution is 0.548. The number of hydrogen-bond donors (Lipinski definition) is 0. The van der Waals surface area contributed by atoms with Crippen molar-refractivity contribution in [2.24, 2.45) is 0 Å². The van der Waals surface area contributed by atoms with E-state index in [9.17, 15) is 8.78 Å². The molecule has 0 saturated carbocycles. The van der Waals surface area contributed by atoms with Gasteiger partial charge in [0.05, 0.1) is 0 Å². The lowest BCUT2D eigenvalue weighted by atomic mass is 10.4. The second kappa shape index (κ2) is 8.08. The molecule has 0 fully saturated rings. The summed E-state index contributed by atoms with van der Waals surface area (Å²) in [5.74, 6) is -2.04. The van der Waals surface area contributed by atoms with Crippen molar-refractivity contribution in [2.45, 2.75) is 13.8 Å². The topological polar surface area (TPSA) is 0 Å². The molecule has 2 heteroatoms. The van der Waals surface area contributed by atoms with Gasteiger partial charge in [0, 0.05) is 0 Å². The first kappa shape index (κ1) is 11.8. The van der Waals surface area contributed by atoms with Crippen molar-refractivity contribution in [3.63, 3.8) is 0 Å². The zero-order valence-corrected chi connectivity index (χ0v) is 6.32. The highest BCUT2D eigenvalue weighted by atomic mass is 19.2. The van der Waals surface area contributed by atoms with Crippen molar-refractivity contribution in [3.05, 3.63) is 37.0 Å². The average Bonchev–Trinajstić information content (AvgIpc) is 1.93. The van der Waals surface area contributed by atoms with Crippen molar-refractivity contribution < 1.29 is 8.78 Å². The normalized spacial score (nSPS) is 9.40. The zero-order chi connectivity index (χ0) is 8.57. The zero-order valence-electron chi connectivity index (χ0n) is 6.32. The molecule has 0 aromatic rings. The van der Waals surface area contributed by atoms with Crippen molar-refractivity contribution in [1.82, 2.24) is 0 Å². The van der Waals surface area contributed by atoms with Gasteiger partial charge in [0.25, 0.3) is 0 Å². The van der Waals surface area contributed by atoms with Crippen LogP contribution >= 0.6 is 0 Å². The van der Waals surface area contributed by atoms with Crippen LogP contribution in [0.3, 0.4) is 0 Å². The Bertz CT molecular complexity index is 134. The van der Waals surface area contributed by atoms with Crippen molar-refractivity contribution in [3.8, 4) is 0 Å². The van der Waals surface area contributed by atoms with Gasteiger partial charge in [-0.3, -0.25) is 0 Å². The van der Waals surface area contributed by atoms with Gasteiger partial charge in [0.2, 0.25) is 0 Å². The van der Waals surface area contributed by atoms with Gasteiger partial charge in [0.1, 0.15) is 0 Å². The van der Waals surface area contributed by atoms with Gasteiger partial charge >= 0.3 is 0 Å². The standard InChI is InChI=1S/C6H6F2.C2H6/c1-3-4-6(8)5(2)7;1-2/h3-4H,1-2H2;1-2H3/b6-4+;. The molecule has 0 spiro atoms. The van der Waals surface area contributed by atoms with E-state index in [1.807, 2.05) is 13.8 Å². The first-order chi connectivity index (χ1) is 4.68. The Hall–Kier alpha value is -0.920. The molecule has 0 aromatic heterocycles. The summed E-state index contributed by atoms with van der Waals surface area (Å²) in [6.07, 6.45) is 2.06. The summed E-state index contributed by atoms with van der Waals surface area (Å²) in [5, 5.41) is 0. The highest BCUT2D eigenvalue weighted by molar-refractivity contribution is 5.18. The Morgan fingerprint density at radius 2 is 1.70 bits per heavy atom. The molecule has 0 aliphatic rings. The van der Waals surface area contributed by atoms with Gasteiger partial charge in [0.15, 0.2) is 11.7 Å². The third kappa shape index (κ3) is 7.08. The molecule has 0 bridgehead atoms. The first-order valence-corrected chi connectivity index (χ1v) is 3.01.